The summed E-state index contributed by atoms with van der Waals surface area (Å²) in [6.07, 6.45) is 2.05. The van der Waals surface area contributed by atoms with Crippen molar-refractivity contribution in [1.29, 1.82) is 0 Å². The lowest BCUT2D eigenvalue weighted by molar-refractivity contribution is 0.0379. The predicted molar refractivity (Wildman–Crippen MR) is 71.3 cm³/mol. The molecule has 1 aromatic carbocycles. The SMILES string of the molecule is CCN(c1ccc(F)cc1)C1(CN)CCCOC1. The van der Waals surface area contributed by atoms with Crippen LogP contribution in [0.15, 0.2) is 24.3 Å². The third kappa shape index (κ3) is 2.49. The third-order valence-electron chi connectivity index (χ3n) is 3.71. The summed E-state index contributed by atoms with van der Waals surface area (Å²) in [6, 6.07) is 6.60. The van der Waals surface area contributed by atoms with Crippen LogP contribution >= 0.6 is 0 Å². The second-order valence-corrected chi connectivity index (χ2v) is 4.81. The average molecular weight is 252 g/mol. The molecule has 2 N–H and O–H groups in total. The molecule has 1 aromatic rings. The number of anilines is 1. The molecule has 1 fully saturated rings. The van der Waals surface area contributed by atoms with Crippen molar-refractivity contribution in [2.75, 3.05) is 31.2 Å². The van der Waals surface area contributed by atoms with Gasteiger partial charge in [-0.2, -0.15) is 0 Å². The maximum absolute atomic E-state index is 13.0. The number of rotatable bonds is 4. The Morgan fingerprint density at radius 2 is 2.11 bits per heavy atom. The minimum atomic E-state index is -0.212. The molecule has 100 valence electrons. The average Bonchev–Trinajstić information content (AvgIpc) is 2.43. The molecule has 0 radical (unpaired) electrons. The van der Waals surface area contributed by atoms with Gasteiger partial charge >= 0.3 is 0 Å². The zero-order valence-electron chi connectivity index (χ0n) is 10.9. The van der Waals surface area contributed by atoms with E-state index in [-0.39, 0.29) is 11.4 Å². The molecule has 4 heteroatoms. The van der Waals surface area contributed by atoms with Crippen molar-refractivity contribution in [2.45, 2.75) is 25.3 Å². The fourth-order valence-corrected chi connectivity index (χ4v) is 2.73. The molecule has 1 unspecified atom stereocenters. The van der Waals surface area contributed by atoms with Crippen LogP contribution in [-0.2, 0) is 4.74 Å². The van der Waals surface area contributed by atoms with Gasteiger partial charge in [-0.25, -0.2) is 4.39 Å². The minimum absolute atomic E-state index is 0.148. The molecule has 18 heavy (non-hydrogen) atoms. The van der Waals surface area contributed by atoms with Crippen LogP contribution in [0.25, 0.3) is 0 Å². The third-order valence-corrected chi connectivity index (χ3v) is 3.71. The molecular weight excluding hydrogens is 231 g/mol. The number of hydrogen-bond donors (Lipinski definition) is 1. The van der Waals surface area contributed by atoms with E-state index in [1.54, 1.807) is 0 Å². The van der Waals surface area contributed by atoms with Gasteiger partial charge in [0, 0.05) is 25.4 Å². The van der Waals surface area contributed by atoms with E-state index in [2.05, 4.69) is 11.8 Å². The topological polar surface area (TPSA) is 38.5 Å². The monoisotopic (exact) mass is 252 g/mol. The van der Waals surface area contributed by atoms with E-state index in [1.165, 1.54) is 12.1 Å². The lowest BCUT2D eigenvalue weighted by Crippen LogP contribution is -2.59. The van der Waals surface area contributed by atoms with Gasteiger partial charge in [-0.3, -0.25) is 0 Å². The van der Waals surface area contributed by atoms with E-state index in [9.17, 15) is 4.39 Å². The lowest BCUT2D eigenvalue weighted by Gasteiger charge is -2.46. The fraction of sp³-hybridized carbons (Fsp3) is 0.571. The van der Waals surface area contributed by atoms with Crippen molar-refractivity contribution in [2.24, 2.45) is 5.73 Å². The van der Waals surface area contributed by atoms with Gasteiger partial charge in [0.15, 0.2) is 0 Å². The smallest absolute Gasteiger partial charge is 0.123 e. The van der Waals surface area contributed by atoms with Crippen molar-refractivity contribution in [1.82, 2.24) is 0 Å². The molecule has 0 spiro atoms. The molecule has 1 saturated heterocycles. The Morgan fingerprint density at radius 3 is 2.61 bits per heavy atom. The molecule has 1 aliphatic rings. The molecule has 1 aliphatic heterocycles. The van der Waals surface area contributed by atoms with Gasteiger partial charge in [0.05, 0.1) is 12.1 Å². The van der Waals surface area contributed by atoms with Crippen LogP contribution in [-0.4, -0.2) is 31.8 Å². The van der Waals surface area contributed by atoms with Gasteiger partial charge in [-0.15, -0.1) is 0 Å². The van der Waals surface area contributed by atoms with Crippen molar-refractivity contribution in [3.8, 4) is 0 Å². The summed E-state index contributed by atoms with van der Waals surface area (Å²) in [7, 11) is 0. The van der Waals surface area contributed by atoms with Gasteiger partial charge in [-0.05, 0) is 44.0 Å². The van der Waals surface area contributed by atoms with Gasteiger partial charge in [0.1, 0.15) is 5.82 Å². The summed E-state index contributed by atoms with van der Waals surface area (Å²) < 4.78 is 18.6. The summed E-state index contributed by atoms with van der Waals surface area (Å²) in [5.74, 6) is -0.212. The number of hydrogen-bond acceptors (Lipinski definition) is 3. The Kier molecular flexibility index (Phi) is 4.19. The number of halogens is 1. The first-order valence-corrected chi connectivity index (χ1v) is 6.53. The zero-order chi connectivity index (χ0) is 13.0. The van der Waals surface area contributed by atoms with E-state index in [0.717, 1.165) is 31.7 Å². The number of ether oxygens (including phenoxy) is 1. The number of nitrogens with two attached hydrogens (primary N) is 1. The maximum atomic E-state index is 13.0. The molecule has 0 aromatic heterocycles. The Hall–Kier alpha value is -1.13. The molecule has 0 amide bonds. The van der Waals surface area contributed by atoms with Crippen LogP contribution in [0.2, 0.25) is 0 Å². The first kappa shape index (κ1) is 13.3. The molecule has 1 heterocycles. The minimum Gasteiger partial charge on any atom is -0.379 e. The molecular formula is C14H21FN2O. The summed E-state index contributed by atoms with van der Waals surface area (Å²) in [5, 5.41) is 0. The zero-order valence-corrected chi connectivity index (χ0v) is 10.9. The van der Waals surface area contributed by atoms with Crippen LogP contribution in [0, 0.1) is 5.82 Å². The first-order valence-electron chi connectivity index (χ1n) is 6.53. The Balaban J connectivity index is 2.27. The highest BCUT2D eigenvalue weighted by Crippen LogP contribution is 2.30. The molecule has 2 rings (SSSR count). The highest BCUT2D eigenvalue weighted by atomic mass is 19.1. The van der Waals surface area contributed by atoms with Crippen LogP contribution in [0.5, 0.6) is 0 Å². The summed E-state index contributed by atoms with van der Waals surface area (Å²) >= 11 is 0. The normalized spacial score (nSPS) is 23.9. The lowest BCUT2D eigenvalue weighted by atomic mass is 9.89. The van der Waals surface area contributed by atoms with Gasteiger partial charge in [-0.1, -0.05) is 0 Å². The second-order valence-electron chi connectivity index (χ2n) is 4.81. The standard InChI is InChI=1S/C14H21FN2O/c1-2-17(13-6-4-12(15)5-7-13)14(10-16)8-3-9-18-11-14/h4-7H,2-3,8-11,16H2,1H3. The van der Waals surface area contributed by atoms with Crippen LogP contribution in [0.1, 0.15) is 19.8 Å². The largest absolute Gasteiger partial charge is 0.379 e. The molecule has 1 atom stereocenters. The summed E-state index contributed by atoms with van der Waals surface area (Å²) in [5.41, 5.74) is 6.85. The van der Waals surface area contributed by atoms with Crippen molar-refractivity contribution < 1.29 is 9.13 Å². The van der Waals surface area contributed by atoms with Crippen LogP contribution < -0.4 is 10.6 Å². The van der Waals surface area contributed by atoms with E-state index in [1.807, 2.05) is 12.1 Å². The van der Waals surface area contributed by atoms with Gasteiger partial charge in [0.25, 0.3) is 0 Å². The Morgan fingerprint density at radius 1 is 1.39 bits per heavy atom. The first-order chi connectivity index (χ1) is 8.72. The summed E-state index contributed by atoms with van der Waals surface area (Å²) in [6.45, 7) is 4.94. The van der Waals surface area contributed by atoms with E-state index in [4.69, 9.17) is 10.5 Å². The molecule has 0 bridgehead atoms. The summed E-state index contributed by atoms with van der Waals surface area (Å²) in [4.78, 5) is 2.24. The quantitative estimate of drug-likeness (QED) is 0.892. The molecule has 0 saturated carbocycles. The highest BCUT2D eigenvalue weighted by molar-refractivity contribution is 5.49. The number of likely N-dealkylation sites (N-methyl/N-ethyl adjacent to an activating group) is 1. The molecule has 0 aliphatic carbocycles. The maximum Gasteiger partial charge on any atom is 0.123 e. The highest BCUT2D eigenvalue weighted by Gasteiger charge is 2.37. The van der Waals surface area contributed by atoms with Crippen molar-refractivity contribution >= 4 is 5.69 Å². The van der Waals surface area contributed by atoms with Crippen molar-refractivity contribution in [3.63, 3.8) is 0 Å². The van der Waals surface area contributed by atoms with E-state index < -0.39 is 0 Å². The Labute approximate surface area is 108 Å². The van der Waals surface area contributed by atoms with Crippen molar-refractivity contribution in [3.05, 3.63) is 30.1 Å². The van der Waals surface area contributed by atoms with Gasteiger partial charge < -0.3 is 15.4 Å². The fourth-order valence-electron chi connectivity index (χ4n) is 2.73. The predicted octanol–water partition coefficient (Wildman–Crippen LogP) is 2.16. The van der Waals surface area contributed by atoms with E-state index >= 15 is 0 Å². The van der Waals surface area contributed by atoms with Crippen LogP contribution in [0.3, 0.4) is 0 Å². The number of benzene rings is 1. The molecule has 3 nitrogen and oxygen atoms in total. The van der Waals surface area contributed by atoms with Gasteiger partial charge in [0.2, 0.25) is 0 Å². The van der Waals surface area contributed by atoms with E-state index in [0.29, 0.717) is 13.2 Å². The van der Waals surface area contributed by atoms with Crippen LogP contribution in [0.4, 0.5) is 10.1 Å². The second kappa shape index (κ2) is 5.67. The number of nitrogens with zero attached hydrogens (tertiary/aromatic N) is 1. The Bertz CT molecular complexity index is 374.